The molecule has 0 aliphatic carbocycles. The van der Waals surface area contributed by atoms with Gasteiger partial charge >= 0.3 is 5.97 Å². The molecule has 122 valence electrons. The number of carbonyl (C=O) groups is 1. The number of nitrogens with two attached hydrogens (primary N) is 1. The van der Waals surface area contributed by atoms with Gasteiger partial charge in [0.15, 0.2) is 0 Å². The lowest BCUT2D eigenvalue weighted by atomic mass is 10.1. The van der Waals surface area contributed by atoms with Crippen molar-refractivity contribution in [2.24, 2.45) is 5.10 Å². The Bertz CT molecular complexity index is 917. The van der Waals surface area contributed by atoms with Gasteiger partial charge in [0.1, 0.15) is 11.5 Å². The van der Waals surface area contributed by atoms with Crippen LogP contribution in [0, 0.1) is 0 Å². The first kappa shape index (κ1) is 15.9. The maximum Gasteiger partial charge on any atom is 0.338 e. The molecular weight excluding hydrogens is 380 g/mol. The number of nitrogens with zero attached hydrogens (tertiary/aromatic N) is 5. The number of esters is 1. The van der Waals surface area contributed by atoms with Crippen LogP contribution in [0.5, 0.6) is 0 Å². The summed E-state index contributed by atoms with van der Waals surface area (Å²) >= 11 is 3.33. The lowest BCUT2D eigenvalue weighted by molar-refractivity contribution is 0.0601. The summed E-state index contributed by atoms with van der Waals surface area (Å²) in [5.41, 5.74) is 6.50. The second-order valence-corrected chi connectivity index (χ2v) is 5.47. The second kappa shape index (κ2) is 6.62. The highest BCUT2D eigenvalue weighted by Crippen LogP contribution is 2.28. The van der Waals surface area contributed by atoms with Crippen LogP contribution in [-0.4, -0.2) is 39.6 Å². The van der Waals surface area contributed by atoms with Gasteiger partial charge in [-0.15, -0.1) is 0 Å². The van der Waals surface area contributed by atoms with Crippen LogP contribution in [-0.2, 0) is 4.74 Å². The van der Waals surface area contributed by atoms with Crippen LogP contribution in [0.4, 0.5) is 5.95 Å². The Morgan fingerprint density at radius 3 is 2.96 bits per heavy atom. The van der Waals surface area contributed by atoms with Gasteiger partial charge in [-0.25, -0.2) is 4.79 Å². The van der Waals surface area contributed by atoms with E-state index >= 15 is 0 Å². The molecule has 0 saturated heterocycles. The zero-order chi connectivity index (χ0) is 17.1. The number of tetrazole rings is 1. The Labute approximate surface area is 144 Å². The van der Waals surface area contributed by atoms with Gasteiger partial charge in [-0.2, -0.15) is 5.10 Å². The van der Waals surface area contributed by atoms with E-state index in [1.54, 1.807) is 30.3 Å². The summed E-state index contributed by atoms with van der Waals surface area (Å²) in [7, 11) is 1.32. The zero-order valence-corrected chi connectivity index (χ0v) is 14.0. The summed E-state index contributed by atoms with van der Waals surface area (Å²) in [6, 6.07) is 8.65. The molecule has 2 N–H and O–H groups in total. The lowest BCUT2D eigenvalue weighted by Gasteiger charge is -2.06. The Hall–Kier alpha value is -3.01. The van der Waals surface area contributed by atoms with Gasteiger partial charge in [-0.3, -0.25) is 0 Å². The molecule has 0 unspecified atom stereocenters. The summed E-state index contributed by atoms with van der Waals surface area (Å²) in [5, 5.41) is 14.4. The molecule has 0 atom stereocenters. The molecular formula is C14H11BrN6O3. The third-order valence-electron chi connectivity index (χ3n) is 3.05. The highest BCUT2D eigenvalue weighted by molar-refractivity contribution is 9.10. The average Bonchev–Trinajstić information content (AvgIpc) is 3.21. The Morgan fingerprint density at radius 2 is 2.25 bits per heavy atom. The summed E-state index contributed by atoms with van der Waals surface area (Å²) in [6.07, 6.45) is 1.41. The highest BCUT2D eigenvalue weighted by atomic mass is 79.9. The van der Waals surface area contributed by atoms with Crippen LogP contribution in [0.15, 0.2) is 44.3 Å². The van der Waals surface area contributed by atoms with Gasteiger partial charge in [-0.1, -0.05) is 25.8 Å². The van der Waals surface area contributed by atoms with Crippen molar-refractivity contribution in [2.45, 2.75) is 0 Å². The predicted octanol–water partition coefficient (Wildman–Crippen LogP) is 1.95. The van der Waals surface area contributed by atoms with Crippen LogP contribution >= 0.6 is 15.9 Å². The SMILES string of the molecule is COC(=O)c1cc(Br)ccc1-c1ccc(/C=N/n2nnnc2N)o1. The van der Waals surface area contributed by atoms with E-state index in [-0.39, 0.29) is 5.95 Å². The maximum atomic E-state index is 11.9. The van der Waals surface area contributed by atoms with Gasteiger partial charge in [0.25, 0.3) is 5.95 Å². The second-order valence-electron chi connectivity index (χ2n) is 4.55. The van der Waals surface area contributed by atoms with Gasteiger partial charge in [0.2, 0.25) is 0 Å². The van der Waals surface area contributed by atoms with Gasteiger partial charge in [0, 0.05) is 10.0 Å². The molecule has 10 heteroatoms. The topological polar surface area (TPSA) is 121 Å². The Kier molecular flexibility index (Phi) is 4.38. The van der Waals surface area contributed by atoms with Crippen molar-refractivity contribution in [1.82, 2.24) is 20.3 Å². The van der Waals surface area contributed by atoms with Gasteiger partial charge in [0.05, 0.1) is 18.9 Å². The molecule has 0 radical (unpaired) electrons. The quantitative estimate of drug-likeness (QED) is 0.533. The fourth-order valence-electron chi connectivity index (χ4n) is 1.96. The zero-order valence-electron chi connectivity index (χ0n) is 12.4. The summed E-state index contributed by atoms with van der Waals surface area (Å²) in [6.45, 7) is 0. The van der Waals surface area contributed by atoms with Gasteiger partial charge < -0.3 is 14.9 Å². The number of nitrogen functional groups attached to an aromatic ring is 1. The molecule has 24 heavy (non-hydrogen) atoms. The molecule has 2 aromatic heterocycles. The summed E-state index contributed by atoms with van der Waals surface area (Å²) in [4.78, 5) is 13.0. The van der Waals surface area contributed by atoms with E-state index in [0.29, 0.717) is 22.6 Å². The molecule has 9 nitrogen and oxygen atoms in total. The third-order valence-corrected chi connectivity index (χ3v) is 3.54. The minimum atomic E-state index is -0.459. The fourth-order valence-corrected chi connectivity index (χ4v) is 2.32. The molecule has 0 saturated carbocycles. The van der Waals surface area contributed by atoms with Crippen molar-refractivity contribution >= 4 is 34.1 Å². The lowest BCUT2D eigenvalue weighted by Crippen LogP contribution is -2.03. The van der Waals surface area contributed by atoms with Crippen LogP contribution in [0.3, 0.4) is 0 Å². The number of furan rings is 1. The number of halogens is 1. The van der Waals surface area contributed by atoms with Crippen LogP contribution in [0.2, 0.25) is 0 Å². The van der Waals surface area contributed by atoms with Crippen LogP contribution in [0.25, 0.3) is 11.3 Å². The number of rotatable bonds is 4. The summed E-state index contributed by atoms with van der Waals surface area (Å²) in [5.74, 6) is 0.533. The van der Waals surface area contributed by atoms with Crippen molar-refractivity contribution in [3.05, 3.63) is 46.1 Å². The number of anilines is 1. The van der Waals surface area contributed by atoms with E-state index in [2.05, 4.69) is 36.6 Å². The molecule has 0 spiro atoms. The maximum absolute atomic E-state index is 11.9. The number of carbonyl (C=O) groups excluding carboxylic acids is 1. The van der Waals surface area contributed by atoms with Crippen molar-refractivity contribution < 1.29 is 13.9 Å². The Morgan fingerprint density at radius 1 is 1.42 bits per heavy atom. The number of hydrogen-bond acceptors (Lipinski definition) is 8. The van der Waals surface area contributed by atoms with E-state index in [1.807, 2.05) is 0 Å². The molecule has 0 amide bonds. The average molecular weight is 391 g/mol. The molecule has 0 aliphatic rings. The van der Waals surface area contributed by atoms with Crippen molar-refractivity contribution in [3.8, 4) is 11.3 Å². The summed E-state index contributed by atoms with van der Waals surface area (Å²) < 4.78 is 11.2. The van der Waals surface area contributed by atoms with E-state index in [1.165, 1.54) is 13.3 Å². The first-order valence-corrected chi connectivity index (χ1v) is 7.44. The smallest absolute Gasteiger partial charge is 0.338 e. The van der Waals surface area contributed by atoms with Gasteiger partial charge in [-0.05, 0) is 40.8 Å². The predicted molar refractivity (Wildman–Crippen MR) is 88.4 cm³/mol. The van der Waals surface area contributed by atoms with Crippen LogP contribution in [0.1, 0.15) is 16.1 Å². The highest BCUT2D eigenvalue weighted by Gasteiger charge is 2.16. The normalized spacial score (nSPS) is 11.1. The monoisotopic (exact) mass is 390 g/mol. The van der Waals surface area contributed by atoms with E-state index < -0.39 is 5.97 Å². The minimum absolute atomic E-state index is 0.0546. The molecule has 3 aromatic rings. The minimum Gasteiger partial charge on any atom is -0.465 e. The van der Waals surface area contributed by atoms with Crippen molar-refractivity contribution in [1.29, 1.82) is 0 Å². The molecule has 1 aromatic carbocycles. The van der Waals surface area contributed by atoms with E-state index in [9.17, 15) is 4.79 Å². The van der Waals surface area contributed by atoms with E-state index in [4.69, 9.17) is 14.9 Å². The standard InChI is InChI=1S/C14H11BrN6O3/c1-23-13(22)11-6-8(15)2-4-10(11)12-5-3-9(24-12)7-17-21-14(16)18-19-20-21/h2-7H,1H3,(H2,16,18,20)/b17-7+. The number of benzene rings is 1. The van der Waals surface area contributed by atoms with Crippen LogP contribution < -0.4 is 5.73 Å². The fraction of sp³-hybridized carbons (Fsp3) is 0.0714. The first-order chi connectivity index (χ1) is 11.6. The van der Waals surface area contributed by atoms with Crippen molar-refractivity contribution in [2.75, 3.05) is 12.8 Å². The number of aromatic nitrogens is 4. The molecule has 3 rings (SSSR count). The van der Waals surface area contributed by atoms with E-state index in [0.717, 1.165) is 9.26 Å². The third kappa shape index (κ3) is 3.18. The largest absolute Gasteiger partial charge is 0.465 e. The first-order valence-electron chi connectivity index (χ1n) is 6.65. The number of hydrogen-bond donors (Lipinski definition) is 1. The van der Waals surface area contributed by atoms with Crippen molar-refractivity contribution in [3.63, 3.8) is 0 Å². The Balaban J connectivity index is 1.92. The number of methoxy groups -OCH3 is 1. The molecule has 0 bridgehead atoms. The number of ether oxygens (including phenoxy) is 1. The molecule has 0 aliphatic heterocycles. The molecule has 0 fully saturated rings. The molecule has 2 heterocycles.